The summed E-state index contributed by atoms with van der Waals surface area (Å²) in [6.45, 7) is 1.08. The second-order valence-corrected chi connectivity index (χ2v) is 3.92. The number of alkyl halides is 3. The molecule has 2 unspecified atom stereocenters. The van der Waals surface area contributed by atoms with E-state index in [0.29, 0.717) is 11.1 Å². The third-order valence-corrected chi connectivity index (χ3v) is 2.51. The molecule has 2 atom stereocenters. The summed E-state index contributed by atoms with van der Waals surface area (Å²) in [6, 6.07) is 8.15. The first-order chi connectivity index (χ1) is 8.34. The number of hydrogen-bond donors (Lipinski definition) is 2. The Labute approximate surface area is 103 Å². The molecule has 0 fully saturated rings. The molecule has 0 bridgehead atoms. The van der Waals surface area contributed by atoms with Crippen molar-refractivity contribution < 1.29 is 18.3 Å². The van der Waals surface area contributed by atoms with Crippen molar-refractivity contribution in [3.63, 3.8) is 0 Å². The summed E-state index contributed by atoms with van der Waals surface area (Å²) in [5.74, 6) is 0. The van der Waals surface area contributed by atoms with E-state index in [2.05, 4.69) is 5.32 Å². The molecule has 1 aromatic carbocycles. The van der Waals surface area contributed by atoms with E-state index in [4.69, 9.17) is 10.4 Å². The van der Waals surface area contributed by atoms with Crippen molar-refractivity contribution in [3.05, 3.63) is 35.4 Å². The largest absolute Gasteiger partial charge is 0.415 e. The summed E-state index contributed by atoms with van der Waals surface area (Å²) in [4.78, 5) is 0. The van der Waals surface area contributed by atoms with Crippen LogP contribution >= 0.6 is 0 Å². The Balaban J connectivity index is 2.61. The summed E-state index contributed by atoms with van der Waals surface area (Å²) >= 11 is 0. The van der Waals surface area contributed by atoms with E-state index >= 15 is 0 Å². The number of nitrogens with zero attached hydrogens (tertiary/aromatic N) is 1. The Morgan fingerprint density at radius 2 is 2.11 bits per heavy atom. The molecule has 98 valence electrons. The number of halogens is 3. The van der Waals surface area contributed by atoms with Crippen LogP contribution in [0.4, 0.5) is 13.2 Å². The highest BCUT2D eigenvalue weighted by atomic mass is 19.4. The van der Waals surface area contributed by atoms with Crippen LogP contribution in [-0.4, -0.2) is 23.9 Å². The fraction of sp³-hybridized carbons (Fsp3) is 0.417. The predicted octanol–water partition coefficient (Wildman–Crippen LogP) is 2.13. The molecule has 6 heteroatoms. The van der Waals surface area contributed by atoms with Gasteiger partial charge in [0.05, 0.1) is 11.6 Å². The molecule has 2 N–H and O–H groups in total. The fourth-order valence-electron chi connectivity index (χ4n) is 1.40. The van der Waals surface area contributed by atoms with Gasteiger partial charge in [-0.15, -0.1) is 0 Å². The topological polar surface area (TPSA) is 56.0 Å². The average molecular weight is 258 g/mol. The minimum atomic E-state index is -4.62. The van der Waals surface area contributed by atoms with Crippen LogP contribution in [0.15, 0.2) is 24.3 Å². The van der Waals surface area contributed by atoms with Crippen molar-refractivity contribution in [2.24, 2.45) is 0 Å². The van der Waals surface area contributed by atoms with Gasteiger partial charge in [-0.2, -0.15) is 18.4 Å². The summed E-state index contributed by atoms with van der Waals surface area (Å²) in [6.07, 6.45) is -7.01. The van der Waals surface area contributed by atoms with Crippen LogP contribution in [0, 0.1) is 11.3 Å². The molecule has 0 aliphatic carbocycles. The van der Waals surface area contributed by atoms with Gasteiger partial charge in [0.2, 0.25) is 0 Å². The van der Waals surface area contributed by atoms with E-state index in [0.717, 1.165) is 0 Å². The summed E-state index contributed by atoms with van der Waals surface area (Å²) in [7, 11) is 0. The molecular weight excluding hydrogens is 245 g/mol. The maximum Gasteiger partial charge on any atom is 0.415 e. The standard InChI is InChI=1S/C12H13F3N2O/c1-8(17-7-11(18)12(13,14)15)10-4-2-3-9(5-10)6-16/h2-5,8,11,17-18H,7H2,1H3. The van der Waals surface area contributed by atoms with Gasteiger partial charge in [0.15, 0.2) is 6.10 Å². The first kappa shape index (κ1) is 14.5. The third-order valence-electron chi connectivity index (χ3n) is 2.51. The van der Waals surface area contributed by atoms with E-state index in [-0.39, 0.29) is 6.04 Å². The second kappa shape index (κ2) is 5.85. The number of hydrogen-bond acceptors (Lipinski definition) is 3. The Morgan fingerprint density at radius 1 is 1.44 bits per heavy atom. The molecule has 0 radical (unpaired) electrons. The molecule has 0 aliphatic heterocycles. The molecular formula is C12H13F3N2O. The van der Waals surface area contributed by atoms with Crippen LogP contribution in [-0.2, 0) is 0 Å². The van der Waals surface area contributed by atoms with Crippen LogP contribution in [0.1, 0.15) is 24.1 Å². The Bertz CT molecular complexity index is 440. The highest BCUT2D eigenvalue weighted by Crippen LogP contribution is 2.20. The van der Waals surface area contributed by atoms with Gasteiger partial charge in [-0.1, -0.05) is 12.1 Å². The second-order valence-electron chi connectivity index (χ2n) is 3.92. The number of rotatable bonds is 4. The Morgan fingerprint density at radius 3 is 2.67 bits per heavy atom. The van der Waals surface area contributed by atoms with Crippen molar-refractivity contribution in [2.45, 2.75) is 25.2 Å². The summed E-state index contributed by atoms with van der Waals surface area (Å²) < 4.78 is 36.3. The molecule has 0 amide bonds. The molecule has 3 nitrogen and oxygen atoms in total. The maximum atomic E-state index is 12.1. The zero-order valence-electron chi connectivity index (χ0n) is 9.70. The lowest BCUT2D eigenvalue weighted by Crippen LogP contribution is -2.39. The highest BCUT2D eigenvalue weighted by molar-refractivity contribution is 5.33. The fourth-order valence-corrected chi connectivity index (χ4v) is 1.40. The predicted molar refractivity (Wildman–Crippen MR) is 59.6 cm³/mol. The first-order valence-corrected chi connectivity index (χ1v) is 5.33. The van der Waals surface area contributed by atoms with Crippen molar-refractivity contribution in [1.29, 1.82) is 5.26 Å². The van der Waals surface area contributed by atoms with E-state index in [1.165, 1.54) is 0 Å². The van der Waals surface area contributed by atoms with Gasteiger partial charge >= 0.3 is 6.18 Å². The highest BCUT2D eigenvalue weighted by Gasteiger charge is 2.37. The maximum absolute atomic E-state index is 12.1. The zero-order chi connectivity index (χ0) is 13.8. The molecule has 0 saturated heterocycles. The molecule has 18 heavy (non-hydrogen) atoms. The summed E-state index contributed by atoms with van der Waals surface area (Å²) in [5.41, 5.74) is 1.14. The average Bonchev–Trinajstić information content (AvgIpc) is 2.34. The summed E-state index contributed by atoms with van der Waals surface area (Å²) in [5, 5.41) is 20.1. The molecule has 0 aliphatic rings. The van der Waals surface area contributed by atoms with Gasteiger partial charge < -0.3 is 10.4 Å². The minimum absolute atomic E-state index is 0.379. The van der Waals surface area contributed by atoms with Crippen molar-refractivity contribution >= 4 is 0 Å². The van der Waals surface area contributed by atoms with Gasteiger partial charge in [-0.05, 0) is 24.6 Å². The molecule has 0 heterocycles. The van der Waals surface area contributed by atoms with Gasteiger partial charge in [-0.25, -0.2) is 0 Å². The molecule has 1 aromatic rings. The first-order valence-electron chi connectivity index (χ1n) is 5.33. The number of nitrogens with one attached hydrogen (secondary N) is 1. The SMILES string of the molecule is CC(NCC(O)C(F)(F)F)c1cccc(C#N)c1. The lowest BCUT2D eigenvalue weighted by molar-refractivity contribution is -0.202. The lowest BCUT2D eigenvalue weighted by atomic mass is 10.1. The van der Waals surface area contributed by atoms with Gasteiger partial charge in [0.25, 0.3) is 0 Å². The van der Waals surface area contributed by atoms with Crippen LogP contribution in [0.5, 0.6) is 0 Å². The van der Waals surface area contributed by atoms with E-state index < -0.39 is 18.8 Å². The number of aliphatic hydroxyl groups excluding tert-OH is 1. The molecule has 0 saturated carbocycles. The monoisotopic (exact) mass is 258 g/mol. The number of nitriles is 1. The van der Waals surface area contributed by atoms with E-state index in [9.17, 15) is 13.2 Å². The smallest absolute Gasteiger partial charge is 0.382 e. The molecule has 0 spiro atoms. The molecule has 0 aromatic heterocycles. The number of benzene rings is 1. The zero-order valence-corrected chi connectivity index (χ0v) is 9.70. The quantitative estimate of drug-likeness (QED) is 0.869. The Hall–Kier alpha value is -1.58. The van der Waals surface area contributed by atoms with Crippen molar-refractivity contribution in [1.82, 2.24) is 5.32 Å². The van der Waals surface area contributed by atoms with Crippen molar-refractivity contribution in [3.8, 4) is 6.07 Å². The van der Waals surface area contributed by atoms with Crippen LogP contribution < -0.4 is 5.32 Å². The van der Waals surface area contributed by atoms with Crippen molar-refractivity contribution in [2.75, 3.05) is 6.54 Å². The van der Waals surface area contributed by atoms with Gasteiger partial charge in [0, 0.05) is 12.6 Å². The Kier molecular flexibility index (Phi) is 4.70. The normalized spacial score (nSPS) is 14.9. The third kappa shape index (κ3) is 4.02. The molecule has 1 rings (SSSR count). The number of aliphatic hydroxyl groups is 1. The minimum Gasteiger partial charge on any atom is -0.382 e. The van der Waals surface area contributed by atoms with Gasteiger partial charge in [-0.3, -0.25) is 0 Å². The van der Waals surface area contributed by atoms with Crippen LogP contribution in [0.2, 0.25) is 0 Å². The van der Waals surface area contributed by atoms with Crippen LogP contribution in [0.3, 0.4) is 0 Å². The lowest BCUT2D eigenvalue weighted by Gasteiger charge is -2.19. The van der Waals surface area contributed by atoms with E-state index in [1.54, 1.807) is 31.2 Å². The van der Waals surface area contributed by atoms with E-state index in [1.807, 2.05) is 6.07 Å². The van der Waals surface area contributed by atoms with Crippen LogP contribution in [0.25, 0.3) is 0 Å². The van der Waals surface area contributed by atoms with Gasteiger partial charge in [0.1, 0.15) is 0 Å².